The first kappa shape index (κ1) is 14.4. The Kier molecular flexibility index (Phi) is 3.96. The van der Waals surface area contributed by atoms with Gasteiger partial charge in [-0.3, -0.25) is 9.48 Å². The predicted octanol–water partition coefficient (Wildman–Crippen LogP) is 1.54. The van der Waals surface area contributed by atoms with Crippen molar-refractivity contribution in [3.8, 4) is 11.4 Å². The Morgan fingerprint density at radius 3 is 3.00 bits per heavy atom. The second kappa shape index (κ2) is 6.06. The normalized spacial score (nSPS) is 10.6. The minimum Gasteiger partial charge on any atom is -0.325 e. The van der Waals surface area contributed by atoms with Crippen LogP contribution in [0.5, 0.6) is 0 Å². The molecule has 1 aromatic carbocycles. The number of hydrogen-bond donors (Lipinski definition) is 2. The maximum Gasteiger partial charge on any atom is 0.228 e. The van der Waals surface area contributed by atoms with Crippen LogP contribution in [0, 0.1) is 0 Å². The molecule has 2 heterocycles. The van der Waals surface area contributed by atoms with Gasteiger partial charge in [-0.25, -0.2) is 0 Å². The molecule has 3 aromatic rings. The molecule has 0 spiro atoms. The fraction of sp³-hybridized carbons (Fsp3) is 0.154. The quantitative estimate of drug-likeness (QED) is 0.733. The molecule has 112 valence electrons. The number of rotatable bonds is 4. The molecule has 0 aliphatic rings. The van der Waals surface area contributed by atoms with Crippen LogP contribution in [0.3, 0.4) is 0 Å². The highest BCUT2D eigenvalue weighted by atomic mass is 79.9. The van der Waals surface area contributed by atoms with E-state index in [0.717, 1.165) is 10.0 Å². The molecule has 8 nitrogen and oxygen atoms in total. The van der Waals surface area contributed by atoms with Crippen LogP contribution < -0.4 is 5.32 Å². The van der Waals surface area contributed by atoms with Crippen molar-refractivity contribution in [1.29, 1.82) is 0 Å². The molecule has 0 bridgehead atoms. The fourth-order valence-electron chi connectivity index (χ4n) is 2.03. The number of benzene rings is 1. The van der Waals surface area contributed by atoms with E-state index in [9.17, 15) is 4.79 Å². The molecule has 0 fully saturated rings. The second-order valence-electron chi connectivity index (χ2n) is 4.67. The van der Waals surface area contributed by atoms with Gasteiger partial charge in [-0.15, -0.1) is 10.2 Å². The van der Waals surface area contributed by atoms with E-state index in [1.54, 1.807) is 23.1 Å². The number of H-pyrrole nitrogens is 1. The van der Waals surface area contributed by atoms with Crippen LogP contribution >= 0.6 is 15.9 Å². The van der Waals surface area contributed by atoms with Crippen molar-refractivity contribution in [2.24, 2.45) is 7.05 Å². The van der Waals surface area contributed by atoms with Gasteiger partial charge in [-0.05, 0) is 29.0 Å². The number of aromatic nitrogens is 6. The zero-order valence-electron chi connectivity index (χ0n) is 11.6. The zero-order valence-corrected chi connectivity index (χ0v) is 13.2. The number of anilines is 1. The molecule has 0 atom stereocenters. The highest BCUT2D eigenvalue weighted by Gasteiger charge is 2.13. The van der Waals surface area contributed by atoms with Gasteiger partial charge in [0, 0.05) is 23.3 Å². The van der Waals surface area contributed by atoms with Crippen molar-refractivity contribution in [2.45, 2.75) is 6.42 Å². The van der Waals surface area contributed by atoms with Crippen LogP contribution in [0.2, 0.25) is 0 Å². The van der Waals surface area contributed by atoms with E-state index >= 15 is 0 Å². The Morgan fingerprint density at radius 2 is 2.32 bits per heavy atom. The van der Waals surface area contributed by atoms with Gasteiger partial charge in [0.05, 0.1) is 18.3 Å². The molecule has 9 heteroatoms. The van der Waals surface area contributed by atoms with Gasteiger partial charge >= 0.3 is 0 Å². The van der Waals surface area contributed by atoms with E-state index in [2.05, 4.69) is 47.0 Å². The van der Waals surface area contributed by atoms with E-state index < -0.39 is 0 Å². The number of amides is 1. The van der Waals surface area contributed by atoms with Gasteiger partial charge in [0.15, 0.2) is 0 Å². The molecule has 0 radical (unpaired) electrons. The Morgan fingerprint density at radius 1 is 1.45 bits per heavy atom. The van der Waals surface area contributed by atoms with Crippen molar-refractivity contribution in [1.82, 2.24) is 30.4 Å². The van der Waals surface area contributed by atoms with Gasteiger partial charge < -0.3 is 5.32 Å². The van der Waals surface area contributed by atoms with Gasteiger partial charge in [-0.2, -0.15) is 10.3 Å². The molecule has 22 heavy (non-hydrogen) atoms. The Labute approximate surface area is 134 Å². The summed E-state index contributed by atoms with van der Waals surface area (Å²) in [5, 5.41) is 20.8. The summed E-state index contributed by atoms with van der Waals surface area (Å²) in [6, 6.07) is 5.45. The highest BCUT2D eigenvalue weighted by molar-refractivity contribution is 9.10. The first-order chi connectivity index (χ1) is 10.6. The van der Waals surface area contributed by atoms with Crippen LogP contribution in [0.25, 0.3) is 11.4 Å². The Hall–Kier alpha value is -2.55. The highest BCUT2D eigenvalue weighted by Crippen LogP contribution is 2.28. The van der Waals surface area contributed by atoms with Crippen LogP contribution in [-0.2, 0) is 18.3 Å². The number of carbonyl (C=O) groups excluding carboxylic acids is 1. The SMILES string of the molecule is Cn1cc(CC(=O)Nc2ccc(Br)cc2-c2nn[nH]n2)cn1. The van der Waals surface area contributed by atoms with Crippen molar-refractivity contribution >= 4 is 27.5 Å². The third-order valence-electron chi connectivity index (χ3n) is 2.96. The van der Waals surface area contributed by atoms with Gasteiger partial charge in [-0.1, -0.05) is 15.9 Å². The smallest absolute Gasteiger partial charge is 0.228 e. The lowest BCUT2D eigenvalue weighted by atomic mass is 10.1. The van der Waals surface area contributed by atoms with Gasteiger partial charge in [0.25, 0.3) is 0 Å². The number of tetrazole rings is 1. The number of aryl methyl sites for hydroxylation is 1. The number of carbonyl (C=O) groups is 1. The van der Waals surface area contributed by atoms with Crippen molar-refractivity contribution in [3.63, 3.8) is 0 Å². The third kappa shape index (κ3) is 3.19. The first-order valence-corrected chi connectivity index (χ1v) is 7.22. The summed E-state index contributed by atoms with van der Waals surface area (Å²) in [5.41, 5.74) is 2.15. The van der Waals surface area contributed by atoms with E-state index in [-0.39, 0.29) is 12.3 Å². The fourth-order valence-corrected chi connectivity index (χ4v) is 2.39. The largest absolute Gasteiger partial charge is 0.325 e. The lowest BCUT2D eigenvalue weighted by Crippen LogP contribution is -2.15. The molecule has 2 aromatic heterocycles. The molecule has 0 saturated carbocycles. The van der Waals surface area contributed by atoms with E-state index in [0.29, 0.717) is 17.1 Å². The van der Waals surface area contributed by atoms with E-state index in [4.69, 9.17) is 0 Å². The average molecular weight is 362 g/mol. The molecule has 3 rings (SSSR count). The molecular weight excluding hydrogens is 350 g/mol. The van der Waals surface area contributed by atoms with Crippen LogP contribution in [0.4, 0.5) is 5.69 Å². The maximum absolute atomic E-state index is 12.2. The lowest BCUT2D eigenvalue weighted by Gasteiger charge is -2.09. The molecule has 0 saturated heterocycles. The van der Waals surface area contributed by atoms with Gasteiger partial charge in [0.1, 0.15) is 0 Å². The molecule has 2 N–H and O–H groups in total. The first-order valence-electron chi connectivity index (χ1n) is 6.42. The minimum absolute atomic E-state index is 0.139. The zero-order chi connectivity index (χ0) is 15.5. The molecule has 0 unspecified atom stereocenters. The monoisotopic (exact) mass is 361 g/mol. The molecular formula is C13H12BrN7O. The maximum atomic E-state index is 12.2. The van der Waals surface area contributed by atoms with Crippen LogP contribution in [0.1, 0.15) is 5.56 Å². The van der Waals surface area contributed by atoms with E-state index in [1.165, 1.54) is 0 Å². The van der Waals surface area contributed by atoms with E-state index in [1.807, 2.05) is 19.2 Å². The summed E-state index contributed by atoms with van der Waals surface area (Å²) in [6.07, 6.45) is 3.72. The standard InChI is InChI=1S/C13H12BrN7O/c1-21-7-8(6-15-21)4-12(22)16-11-3-2-9(14)5-10(11)13-17-19-20-18-13/h2-3,5-7H,4H2,1H3,(H,16,22)(H,17,18,19,20). The third-order valence-corrected chi connectivity index (χ3v) is 3.46. The summed E-state index contributed by atoms with van der Waals surface area (Å²) >= 11 is 3.39. The summed E-state index contributed by atoms with van der Waals surface area (Å²) in [6.45, 7) is 0. The summed E-state index contributed by atoms with van der Waals surface area (Å²) in [7, 11) is 1.81. The number of halogens is 1. The summed E-state index contributed by atoms with van der Waals surface area (Å²) in [4.78, 5) is 12.2. The molecule has 1 amide bonds. The minimum atomic E-state index is -0.139. The van der Waals surface area contributed by atoms with Crippen molar-refractivity contribution in [2.75, 3.05) is 5.32 Å². The predicted molar refractivity (Wildman–Crippen MR) is 82.9 cm³/mol. The van der Waals surface area contributed by atoms with Crippen molar-refractivity contribution < 1.29 is 4.79 Å². The average Bonchev–Trinajstić information content (AvgIpc) is 3.12. The number of nitrogens with one attached hydrogen (secondary N) is 2. The Bertz CT molecular complexity index is 797. The summed E-state index contributed by atoms with van der Waals surface area (Å²) < 4.78 is 2.52. The van der Waals surface area contributed by atoms with Crippen LogP contribution in [0.15, 0.2) is 35.1 Å². The summed E-state index contributed by atoms with van der Waals surface area (Å²) in [5.74, 6) is 0.276. The number of aromatic amines is 1. The number of hydrogen-bond acceptors (Lipinski definition) is 5. The van der Waals surface area contributed by atoms with Crippen molar-refractivity contribution in [3.05, 3.63) is 40.6 Å². The topological polar surface area (TPSA) is 101 Å². The Balaban J connectivity index is 1.81. The van der Waals surface area contributed by atoms with Gasteiger partial charge in [0.2, 0.25) is 11.7 Å². The lowest BCUT2D eigenvalue weighted by molar-refractivity contribution is -0.115. The molecule has 0 aliphatic carbocycles. The van der Waals surface area contributed by atoms with Crippen LogP contribution in [-0.4, -0.2) is 36.3 Å². The second-order valence-corrected chi connectivity index (χ2v) is 5.59. The molecule has 0 aliphatic heterocycles. The number of nitrogens with zero attached hydrogens (tertiary/aromatic N) is 5.